The lowest BCUT2D eigenvalue weighted by Gasteiger charge is -1.94. The summed E-state index contributed by atoms with van der Waals surface area (Å²) in [5.41, 5.74) is 7.91. The Morgan fingerprint density at radius 2 is 2.15 bits per heavy atom. The van der Waals surface area contributed by atoms with E-state index in [-0.39, 0.29) is 12.4 Å². The molecule has 2 N–H and O–H groups in total. The molecule has 0 fully saturated rings. The Morgan fingerprint density at radius 1 is 1.46 bits per heavy atom. The van der Waals surface area contributed by atoms with Crippen molar-refractivity contribution in [1.29, 1.82) is 0 Å². The number of halogens is 1. The van der Waals surface area contributed by atoms with Gasteiger partial charge in [-0.2, -0.15) is 5.10 Å². The van der Waals surface area contributed by atoms with Crippen LogP contribution in [0.4, 0.5) is 0 Å². The van der Waals surface area contributed by atoms with Gasteiger partial charge < -0.3 is 5.73 Å². The Hall–Kier alpha value is -0.540. The minimum absolute atomic E-state index is 0. The molecule has 0 radical (unpaired) electrons. The van der Waals surface area contributed by atoms with E-state index < -0.39 is 0 Å². The van der Waals surface area contributed by atoms with Gasteiger partial charge in [-0.15, -0.1) is 12.4 Å². The zero-order valence-electron chi connectivity index (χ0n) is 8.29. The van der Waals surface area contributed by atoms with Gasteiger partial charge in [0.2, 0.25) is 0 Å². The van der Waals surface area contributed by atoms with Crippen molar-refractivity contribution in [2.75, 3.05) is 0 Å². The van der Waals surface area contributed by atoms with Gasteiger partial charge in [0, 0.05) is 24.8 Å². The predicted octanol–water partition coefficient (Wildman–Crippen LogP) is 1.74. The molecule has 1 heterocycles. The van der Waals surface area contributed by atoms with E-state index in [0.29, 0.717) is 6.54 Å². The van der Waals surface area contributed by atoms with E-state index >= 15 is 0 Å². The second-order valence-electron chi connectivity index (χ2n) is 2.92. The molecule has 0 amide bonds. The van der Waals surface area contributed by atoms with Crippen LogP contribution >= 0.6 is 12.4 Å². The van der Waals surface area contributed by atoms with Crippen molar-refractivity contribution in [1.82, 2.24) is 9.78 Å². The maximum absolute atomic E-state index is 5.58. The molecule has 0 spiro atoms. The van der Waals surface area contributed by atoms with Gasteiger partial charge in [-0.1, -0.05) is 13.8 Å². The lowest BCUT2D eigenvalue weighted by molar-refractivity contribution is 0.595. The highest BCUT2D eigenvalue weighted by molar-refractivity contribution is 5.85. The number of hydrogen-bond acceptors (Lipinski definition) is 2. The molecule has 0 aliphatic heterocycles. The first-order chi connectivity index (χ1) is 5.81. The molecule has 0 saturated carbocycles. The van der Waals surface area contributed by atoms with Crippen LogP contribution in [0.15, 0.2) is 6.20 Å². The van der Waals surface area contributed by atoms with E-state index in [1.165, 1.54) is 5.56 Å². The van der Waals surface area contributed by atoms with Crippen LogP contribution < -0.4 is 5.73 Å². The number of nitrogens with zero attached hydrogens (tertiary/aromatic N) is 2. The summed E-state index contributed by atoms with van der Waals surface area (Å²) >= 11 is 0. The van der Waals surface area contributed by atoms with Crippen molar-refractivity contribution < 1.29 is 0 Å². The van der Waals surface area contributed by atoms with E-state index in [1.54, 1.807) is 0 Å². The summed E-state index contributed by atoms with van der Waals surface area (Å²) in [7, 11) is 0. The SMILES string of the molecule is CCCn1cc(CN)c(CC)n1.Cl. The summed E-state index contributed by atoms with van der Waals surface area (Å²) in [5.74, 6) is 0. The molecule has 0 aliphatic rings. The largest absolute Gasteiger partial charge is 0.326 e. The van der Waals surface area contributed by atoms with Gasteiger partial charge in [-0.05, 0) is 12.8 Å². The van der Waals surface area contributed by atoms with E-state index in [0.717, 1.165) is 25.1 Å². The van der Waals surface area contributed by atoms with Crippen molar-refractivity contribution in [3.05, 3.63) is 17.5 Å². The molecule has 0 bridgehead atoms. The highest BCUT2D eigenvalue weighted by Gasteiger charge is 2.03. The van der Waals surface area contributed by atoms with Crippen LogP contribution in [-0.4, -0.2) is 9.78 Å². The van der Waals surface area contributed by atoms with Crippen molar-refractivity contribution in [3.63, 3.8) is 0 Å². The molecule has 0 saturated heterocycles. The van der Waals surface area contributed by atoms with Crippen LogP contribution in [0.1, 0.15) is 31.5 Å². The maximum atomic E-state index is 5.58. The highest BCUT2D eigenvalue weighted by atomic mass is 35.5. The van der Waals surface area contributed by atoms with Gasteiger partial charge >= 0.3 is 0 Å². The topological polar surface area (TPSA) is 43.8 Å². The normalized spacial score (nSPS) is 9.77. The zero-order valence-corrected chi connectivity index (χ0v) is 9.10. The number of hydrogen-bond donors (Lipinski definition) is 1. The third kappa shape index (κ3) is 3.01. The number of aryl methyl sites for hydroxylation is 2. The molecule has 3 nitrogen and oxygen atoms in total. The Kier molecular flexibility index (Phi) is 5.75. The number of nitrogens with two attached hydrogens (primary N) is 1. The Morgan fingerprint density at radius 3 is 2.54 bits per heavy atom. The zero-order chi connectivity index (χ0) is 8.97. The summed E-state index contributed by atoms with van der Waals surface area (Å²) in [6, 6.07) is 0. The maximum Gasteiger partial charge on any atom is 0.0666 e. The quantitative estimate of drug-likeness (QED) is 0.810. The van der Waals surface area contributed by atoms with Crippen LogP contribution in [0.25, 0.3) is 0 Å². The molecule has 0 aliphatic carbocycles. The highest BCUT2D eigenvalue weighted by Crippen LogP contribution is 2.06. The second-order valence-corrected chi connectivity index (χ2v) is 2.92. The minimum Gasteiger partial charge on any atom is -0.326 e. The molecule has 1 aromatic heterocycles. The molecule has 76 valence electrons. The Bertz CT molecular complexity index is 224. The average Bonchev–Trinajstić information content (AvgIpc) is 2.48. The molecule has 4 heteroatoms. The second kappa shape index (κ2) is 6.00. The first kappa shape index (κ1) is 12.5. The first-order valence-electron chi connectivity index (χ1n) is 4.57. The van der Waals surface area contributed by atoms with Gasteiger partial charge in [0.25, 0.3) is 0 Å². The van der Waals surface area contributed by atoms with Gasteiger partial charge in [-0.3, -0.25) is 4.68 Å². The fourth-order valence-electron chi connectivity index (χ4n) is 1.31. The summed E-state index contributed by atoms with van der Waals surface area (Å²) in [6.45, 7) is 5.85. The third-order valence-electron chi connectivity index (χ3n) is 1.93. The molecule has 0 aromatic carbocycles. The van der Waals surface area contributed by atoms with E-state index in [9.17, 15) is 0 Å². The van der Waals surface area contributed by atoms with Gasteiger partial charge in [0.05, 0.1) is 5.69 Å². The molecule has 13 heavy (non-hydrogen) atoms. The minimum atomic E-state index is 0. The van der Waals surface area contributed by atoms with Gasteiger partial charge in [0.1, 0.15) is 0 Å². The average molecular weight is 204 g/mol. The van der Waals surface area contributed by atoms with Crippen LogP contribution in [0, 0.1) is 0 Å². The fourth-order valence-corrected chi connectivity index (χ4v) is 1.31. The van der Waals surface area contributed by atoms with Crippen molar-refractivity contribution in [3.8, 4) is 0 Å². The fraction of sp³-hybridized carbons (Fsp3) is 0.667. The molecule has 0 unspecified atom stereocenters. The van der Waals surface area contributed by atoms with Crippen LogP contribution in [0.5, 0.6) is 0 Å². The first-order valence-corrected chi connectivity index (χ1v) is 4.57. The standard InChI is InChI=1S/C9H17N3.ClH/c1-3-5-12-7-8(6-10)9(4-2)11-12;/h7H,3-6,10H2,1-2H3;1H. The van der Waals surface area contributed by atoms with Crippen molar-refractivity contribution >= 4 is 12.4 Å². The molecule has 0 atom stereocenters. The summed E-state index contributed by atoms with van der Waals surface area (Å²) in [5, 5.41) is 4.43. The third-order valence-corrected chi connectivity index (χ3v) is 1.93. The van der Waals surface area contributed by atoms with E-state index in [2.05, 4.69) is 25.1 Å². The smallest absolute Gasteiger partial charge is 0.0666 e. The Labute approximate surface area is 85.7 Å². The number of aromatic nitrogens is 2. The molecular weight excluding hydrogens is 186 g/mol. The van der Waals surface area contributed by atoms with Gasteiger partial charge in [-0.25, -0.2) is 0 Å². The van der Waals surface area contributed by atoms with Gasteiger partial charge in [0.15, 0.2) is 0 Å². The van der Waals surface area contributed by atoms with E-state index in [4.69, 9.17) is 5.73 Å². The molecule has 1 rings (SSSR count). The van der Waals surface area contributed by atoms with Crippen LogP contribution in [0.2, 0.25) is 0 Å². The van der Waals surface area contributed by atoms with Crippen LogP contribution in [0.3, 0.4) is 0 Å². The monoisotopic (exact) mass is 203 g/mol. The summed E-state index contributed by atoms with van der Waals surface area (Å²) in [6.07, 6.45) is 4.15. The summed E-state index contributed by atoms with van der Waals surface area (Å²) in [4.78, 5) is 0. The van der Waals surface area contributed by atoms with E-state index in [1.807, 2.05) is 4.68 Å². The molecule has 1 aromatic rings. The van der Waals surface area contributed by atoms with Crippen molar-refractivity contribution in [2.24, 2.45) is 5.73 Å². The lowest BCUT2D eigenvalue weighted by atomic mass is 10.2. The van der Waals surface area contributed by atoms with Crippen LogP contribution in [-0.2, 0) is 19.5 Å². The van der Waals surface area contributed by atoms with Crippen molar-refractivity contribution in [2.45, 2.75) is 39.8 Å². The predicted molar refractivity (Wildman–Crippen MR) is 57.0 cm³/mol. The molecular formula is C9H18ClN3. The number of rotatable bonds is 4. The lowest BCUT2D eigenvalue weighted by Crippen LogP contribution is -1.97. The summed E-state index contributed by atoms with van der Waals surface area (Å²) < 4.78 is 1.99. The Balaban J connectivity index is 0.00000144.